The van der Waals surface area contributed by atoms with Crippen LogP contribution in [0.5, 0.6) is 0 Å². The van der Waals surface area contributed by atoms with Crippen molar-refractivity contribution in [1.29, 1.82) is 0 Å². The van der Waals surface area contributed by atoms with Crippen molar-refractivity contribution in [2.75, 3.05) is 0 Å². The minimum atomic E-state index is -0.340. The summed E-state index contributed by atoms with van der Waals surface area (Å²) in [5.41, 5.74) is 2.32. The first kappa shape index (κ1) is 18.3. The fraction of sp³-hybridized carbons (Fsp3) is 0.300. The van der Waals surface area contributed by atoms with Crippen molar-refractivity contribution in [2.24, 2.45) is 0 Å². The predicted molar refractivity (Wildman–Crippen MR) is 105 cm³/mol. The zero-order valence-electron chi connectivity index (χ0n) is 14.4. The van der Waals surface area contributed by atoms with E-state index < -0.39 is 0 Å². The maximum atomic E-state index is 12.5. The van der Waals surface area contributed by atoms with Gasteiger partial charge in [0, 0.05) is 27.2 Å². The van der Waals surface area contributed by atoms with E-state index in [-0.39, 0.29) is 18.1 Å². The number of aliphatic hydroxyl groups is 1. The van der Waals surface area contributed by atoms with Crippen molar-refractivity contribution >= 4 is 40.2 Å². The number of aromatic nitrogens is 1. The second kappa shape index (κ2) is 7.50. The highest BCUT2D eigenvalue weighted by Gasteiger charge is 2.22. The Labute approximate surface area is 166 Å². The van der Waals surface area contributed by atoms with Gasteiger partial charge in [-0.3, -0.25) is 4.79 Å². The average molecular weight is 405 g/mol. The first-order valence-corrected chi connectivity index (χ1v) is 9.59. The molecule has 1 aliphatic rings. The van der Waals surface area contributed by atoms with Crippen LogP contribution in [0.15, 0.2) is 40.8 Å². The number of hydrogen-bond acceptors (Lipinski definition) is 4. The van der Waals surface area contributed by atoms with E-state index in [2.05, 4.69) is 10.3 Å². The first-order valence-electron chi connectivity index (χ1n) is 8.84. The summed E-state index contributed by atoms with van der Waals surface area (Å²) in [4.78, 5) is 17.0. The Hall–Kier alpha value is -2.08. The summed E-state index contributed by atoms with van der Waals surface area (Å²) in [5, 5.41) is 13.7. The van der Waals surface area contributed by atoms with Gasteiger partial charge in [0.05, 0.1) is 6.10 Å². The molecule has 1 saturated carbocycles. The molecule has 0 unspecified atom stereocenters. The number of amides is 1. The highest BCUT2D eigenvalue weighted by atomic mass is 35.5. The Morgan fingerprint density at radius 1 is 1.15 bits per heavy atom. The molecule has 1 aromatic heterocycles. The highest BCUT2D eigenvalue weighted by molar-refractivity contribution is 6.35. The Kier molecular flexibility index (Phi) is 5.08. The first-order chi connectivity index (χ1) is 13.0. The van der Waals surface area contributed by atoms with Crippen LogP contribution in [-0.4, -0.2) is 28.1 Å². The van der Waals surface area contributed by atoms with E-state index in [9.17, 15) is 9.90 Å². The third-order valence-electron chi connectivity index (χ3n) is 4.74. The van der Waals surface area contributed by atoms with Crippen molar-refractivity contribution in [2.45, 2.75) is 37.8 Å². The van der Waals surface area contributed by atoms with Crippen molar-refractivity contribution in [1.82, 2.24) is 10.3 Å². The number of nitrogens with zero attached hydrogens (tertiary/aromatic N) is 1. The fourth-order valence-corrected chi connectivity index (χ4v) is 3.96. The lowest BCUT2D eigenvalue weighted by Crippen LogP contribution is -2.39. The molecule has 2 aromatic carbocycles. The molecule has 140 valence electrons. The van der Waals surface area contributed by atoms with Gasteiger partial charge in [-0.15, -0.1) is 0 Å². The predicted octanol–water partition coefficient (Wildman–Crippen LogP) is 4.83. The van der Waals surface area contributed by atoms with Crippen molar-refractivity contribution in [3.63, 3.8) is 0 Å². The van der Waals surface area contributed by atoms with E-state index in [0.29, 0.717) is 44.6 Å². The quantitative estimate of drug-likeness (QED) is 0.654. The maximum Gasteiger partial charge on any atom is 0.251 e. The molecule has 0 radical (unpaired) electrons. The van der Waals surface area contributed by atoms with E-state index in [4.69, 9.17) is 27.6 Å². The molecule has 5 nitrogen and oxygen atoms in total. The Bertz CT molecular complexity index is 982. The summed E-state index contributed by atoms with van der Waals surface area (Å²) in [7, 11) is 0. The minimum absolute atomic E-state index is 0.00386. The molecular weight excluding hydrogens is 387 g/mol. The zero-order valence-corrected chi connectivity index (χ0v) is 15.9. The van der Waals surface area contributed by atoms with Crippen molar-refractivity contribution in [3.05, 3.63) is 52.0 Å². The lowest BCUT2D eigenvalue weighted by molar-refractivity contribution is 0.0850. The molecule has 1 amide bonds. The molecule has 2 N–H and O–H groups in total. The van der Waals surface area contributed by atoms with Crippen LogP contribution in [0, 0.1) is 0 Å². The summed E-state index contributed by atoms with van der Waals surface area (Å²) in [6, 6.07) is 10.2. The fourth-order valence-electron chi connectivity index (χ4n) is 3.43. The third kappa shape index (κ3) is 4.10. The number of oxazole rings is 1. The van der Waals surface area contributed by atoms with Crippen molar-refractivity contribution < 1.29 is 14.3 Å². The van der Waals surface area contributed by atoms with Gasteiger partial charge in [-0.25, -0.2) is 4.98 Å². The normalized spacial score (nSPS) is 20.0. The van der Waals surface area contributed by atoms with Crippen LogP contribution < -0.4 is 5.32 Å². The number of rotatable bonds is 3. The number of nitrogens with one attached hydrogen (secondary N) is 1. The Balaban J connectivity index is 1.58. The molecule has 0 saturated heterocycles. The molecule has 0 spiro atoms. The summed E-state index contributed by atoms with van der Waals surface area (Å²) >= 11 is 12.1. The van der Waals surface area contributed by atoms with Crippen LogP contribution in [0.1, 0.15) is 36.0 Å². The molecule has 2 atom stereocenters. The molecule has 4 rings (SSSR count). The monoisotopic (exact) mass is 404 g/mol. The number of hydrogen-bond donors (Lipinski definition) is 2. The van der Waals surface area contributed by atoms with E-state index in [1.807, 2.05) is 0 Å². The van der Waals surface area contributed by atoms with Gasteiger partial charge in [0.15, 0.2) is 5.58 Å². The second-order valence-electron chi connectivity index (χ2n) is 6.85. The molecular formula is C20H18Cl2N2O3. The number of benzene rings is 2. The van der Waals surface area contributed by atoms with E-state index >= 15 is 0 Å². The smallest absolute Gasteiger partial charge is 0.251 e. The van der Waals surface area contributed by atoms with Crippen LogP contribution in [0.2, 0.25) is 10.0 Å². The highest BCUT2D eigenvalue weighted by Crippen LogP contribution is 2.29. The average Bonchev–Trinajstić information content (AvgIpc) is 3.04. The molecule has 0 bridgehead atoms. The third-order valence-corrected chi connectivity index (χ3v) is 5.18. The lowest BCUT2D eigenvalue weighted by Gasteiger charge is -2.26. The molecule has 1 fully saturated rings. The van der Waals surface area contributed by atoms with Gasteiger partial charge in [0.1, 0.15) is 5.52 Å². The number of fused-ring (bicyclic) bond motifs is 1. The van der Waals surface area contributed by atoms with Gasteiger partial charge >= 0.3 is 0 Å². The maximum absolute atomic E-state index is 12.5. The molecule has 3 aromatic rings. The van der Waals surface area contributed by atoms with Crippen LogP contribution in [-0.2, 0) is 0 Å². The summed E-state index contributed by atoms with van der Waals surface area (Å²) in [6.45, 7) is 0. The standard InChI is InChI=1S/C20H18Cl2N2O3/c21-13-6-12(7-14(22)9-13)20-24-17-5-4-11(8-18(17)27-20)19(26)23-15-2-1-3-16(25)10-15/h4-9,15-16,25H,1-3,10H2,(H,23,26)/t15-,16+/m1/s1. The van der Waals surface area contributed by atoms with Crippen LogP contribution in [0.25, 0.3) is 22.6 Å². The number of aliphatic hydroxyl groups excluding tert-OH is 1. The van der Waals surface area contributed by atoms with Gasteiger partial charge in [-0.05, 0) is 62.1 Å². The van der Waals surface area contributed by atoms with Gasteiger partial charge in [-0.2, -0.15) is 0 Å². The Morgan fingerprint density at radius 3 is 2.67 bits per heavy atom. The lowest BCUT2D eigenvalue weighted by atomic mass is 9.93. The van der Waals surface area contributed by atoms with Gasteiger partial charge in [-0.1, -0.05) is 23.2 Å². The molecule has 1 heterocycles. The number of carbonyl (C=O) groups excluding carboxylic acids is 1. The largest absolute Gasteiger partial charge is 0.436 e. The van der Waals surface area contributed by atoms with Crippen molar-refractivity contribution in [3.8, 4) is 11.5 Å². The summed E-state index contributed by atoms with van der Waals surface area (Å²) < 4.78 is 5.81. The van der Waals surface area contributed by atoms with Gasteiger partial charge < -0.3 is 14.8 Å². The van der Waals surface area contributed by atoms with Gasteiger partial charge in [0.25, 0.3) is 5.91 Å². The number of halogens is 2. The minimum Gasteiger partial charge on any atom is -0.436 e. The summed E-state index contributed by atoms with van der Waals surface area (Å²) in [5.74, 6) is 0.210. The number of carbonyl (C=O) groups is 1. The van der Waals surface area contributed by atoms with Crippen LogP contribution in [0.4, 0.5) is 0 Å². The topological polar surface area (TPSA) is 75.4 Å². The zero-order chi connectivity index (χ0) is 19.0. The van der Waals surface area contributed by atoms with E-state index in [1.165, 1.54) is 0 Å². The molecule has 27 heavy (non-hydrogen) atoms. The SMILES string of the molecule is O=C(N[C@@H]1CCC[C@H](O)C1)c1ccc2nc(-c3cc(Cl)cc(Cl)c3)oc2c1. The molecule has 0 aliphatic heterocycles. The van der Waals surface area contributed by atoms with E-state index in [0.717, 1.165) is 19.3 Å². The van der Waals surface area contributed by atoms with Crippen LogP contribution >= 0.6 is 23.2 Å². The molecule has 7 heteroatoms. The van der Waals surface area contributed by atoms with Crippen LogP contribution in [0.3, 0.4) is 0 Å². The van der Waals surface area contributed by atoms with E-state index in [1.54, 1.807) is 36.4 Å². The van der Waals surface area contributed by atoms with Gasteiger partial charge in [0.2, 0.25) is 5.89 Å². The molecule has 1 aliphatic carbocycles. The Morgan fingerprint density at radius 2 is 1.93 bits per heavy atom. The second-order valence-corrected chi connectivity index (χ2v) is 7.72. The summed E-state index contributed by atoms with van der Waals surface area (Å²) in [6.07, 6.45) is 2.85.